The third-order valence-electron chi connectivity index (χ3n) is 3.62. The molecule has 1 aliphatic heterocycles. The highest BCUT2D eigenvalue weighted by Crippen LogP contribution is 2.31. The van der Waals surface area contributed by atoms with E-state index in [9.17, 15) is 18.8 Å². The molecule has 1 saturated heterocycles. The first-order chi connectivity index (χ1) is 13.0. The Hall–Kier alpha value is -2.71. The van der Waals surface area contributed by atoms with Crippen LogP contribution in [0.15, 0.2) is 52.8 Å². The van der Waals surface area contributed by atoms with Crippen molar-refractivity contribution < 1.29 is 18.8 Å². The number of amides is 3. The van der Waals surface area contributed by atoms with Crippen molar-refractivity contribution in [3.63, 3.8) is 0 Å². The summed E-state index contributed by atoms with van der Waals surface area (Å²) in [6.07, 6.45) is 4.66. The minimum atomic E-state index is -0.419. The molecule has 0 radical (unpaired) electrons. The molecule has 0 atom stereocenters. The van der Waals surface area contributed by atoms with E-state index < -0.39 is 11.1 Å². The Balaban J connectivity index is 1.53. The van der Waals surface area contributed by atoms with E-state index in [-0.39, 0.29) is 29.7 Å². The monoisotopic (exact) mass is 402 g/mol. The Morgan fingerprint density at radius 2 is 1.96 bits per heavy atom. The summed E-state index contributed by atoms with van der Waals surface area (Å²) in [6, 6.07) is 9.42. The van der Waals surface area contributed by atoms with Gasteiger partial charge in [-0.1, -0.05) is 18.2 Å². The van der Waals surface area contributed by atoms with E-state index in [1.54, 1.807) is 12.2 Å². The second kappa shape index (κ2) is 8.79. The lowest BCUT2D eigenvalue weighted by Crippen LogP contribution is -2.36. The number of carbonyl (C=O) groups is 3. The van der Waals surface area contributed by atoms with Gasteiger partial charge in [-0.05, 0) is 53.1 Å². The molecule has 0 spiro atoms. The van der Waals surface area contributed by atoms with E-state index in [4.69, 9.17) is 0 Å². The first-order valence-electron chi connectivity index (χ1n) is 8.03. The quantitative estimate of drug-likeness (QED) is 0.748. The van der Waals surface area contributed by atoms with Crippen LogP contribution in [0.25, 0.3) is 12.2 Å². The Labute approximate surface area is 163 Å². The fraction of sp³-hybridized carbons (Fsp3) is 0.105. The SMILES string of the molecule is O=C(/C=C/c1cccs1)NCCN1C(=O)S/C(=C\c2ccc(F)cc2)C1=O. The molecule has 1 aromatic carbocycles. The topological polar surface area (TPSA) is 66.5 Å². The minimum absolute atomic E-state index is 0.0873. The average Bonchev–Trinajstić information content (AvgIpc) is 3.26. The van der Waals surface area contributed by atoms with E-state index in [0.717, 1.165) is 21.5 Å². The molecule has 138 valence electrons. The van der Waals surface area contributed by atoms with E-state index >= 15 is 0 Å². The number of thioether (sulfide) groups is 1. The lowest BCUT2D eigenvalue weighted by Gasteiger charge is -2.12. The minimum Gasteiger partial charge on any atom is -0.351 e. The molecule has 1 N–H and O–H groups in total. The maximum Gasteiger partial charge on any atom is 0.293 e. The molecule has 27 heavy (non-hydrogen) atoms. The van der Waals surface area contributed by atoms with E-state index in [1.165, 1.54) is 41.7 Å². The molecule has 0 saturated carbocycles. The molecule has 0 aliphatic carbocycles. The van der Waals surface area contributed by atoms with Crippen molar-refractivity contribution in [2.75, 3.05) is 13.1 Å². The zero-order valence-electron chi connectivity index (χ0n) is 14.1. The number of hydrogen-bond acceptors (Lipinski definition) is 5. The van der Waals surface area contributed by atoms with Gasteiger partial charge in [0.2, 0.25) is 5.91 Å². The van der Waals surface area contributed by atoms with Gasteiger partial charge in [-0.2, -0.15) is 0 Å². The molecule has 0 bridgehead atoms. The molecule has 1 fully saturated rings. The number of benzene rings is 1. The Morgan fingerprint density at radius 3 is 2.67 bits per heavy atom. The van der Waals surface area contributed by atoms with Crippen molar-refractivity contribution in [1.82, 2.24) is 10.2 Å². The Bertz CT molecular complexity index is 906. The van der Waals surface area contributed by atoms with E-state index in [0.29, 0.717) is 5.56 Å². The molecule has 5 nitrogen and oxygen atoms in total. The Morgan fingerprint density at radius 1 is 1.19 bits per heavy atom. The van der Waals surface area contributed by atoms with Crippen molar-refractivity contribution in [2.24, 2.45) is 0 Å². The lowest BCUT2D eigenvalue weighted by molar-refractivity contribution is -0.123. The molecule has 0 unspecified atom stereocenters. The van der Waals surface area contributed by atoms with Gasteiger partial charge in [0.15, 0.2) is 0 Å². The zero-order chi connectivity index (χ0) is 19.2. The first kappa shape index (κ1) is 19.1. The fourth-order valence-corrected chi connectivity index (χ4v) is 3.78. The van der Waals surface area contributed by atoms with Gasteiger partial charge in [0.25, 0.3) is 11.1 Å². The van der Waals surface area contributed by atoms with Gasteiger partial charge in [0.1, 0.15) is 5.82 Å². The van der Waals surface area contributed by atoms with Crippen LogP contribution in [0.1, 0.15) is 10.4 Å². The summed E-state index contributed by atoms with van der Waals surface area (Å²) in [4.78, 5) is 38.5. The van der Waals surface area contributed by atoms with Crippen molar-refractivity contribution in [3.8, 4) is 0 Å². The lowest BCUT2D eigenvalue weighted by atomic mass is 10.2. The molecule has 8 heteroatoms. The first-order valence-corrected chi connectivity index (χ1v) is 9.73. The summed E-state index contributed by atoms with van der Waals surface area (Å²) in [5.74, 6) is -1.08. The predicted molar refractivity (Wildman–Crippen MR) is 105 cm³/mol. The van der Waals surface area contributed by atoms with Crippen LogP contribution in [-0.2, 0) is 9.59 Å². The van der Waals surface area contributed by atoms with Gasteiger partial charge in [0, 0.05) is 24.0 Å². The van der Waals surface area contributed by atoms with Gasteiger partial charge in [-0.15, -0.1) is 11.3 Å². The van der Waals surface area contributed by atoms with Crippen LogP contribution in [0.3, 0.4) is 0 Å². The van der Waals surface area contributed by atoms with Crippen LogP contribution in [0, 0.1) is 5.82 Å². The number of thiophene rings is 1. The van der Waals surface area contributed by atoms with Gasteiger partial charge >= 0.3 is 0 Å². The highest BCUT2D eigenvalue weighted by atomic mass is 32.2. The van der Waals surface area contributed by atoms with Crippen LogP contribution in [0.5, 0.6) is 0 Å². The van der Waals surface area contributed by atoms with Gasteiger partial charge in [-0.3, -0.25) is 19.3 Å². The number of imide groups is 1. The summed E-state index contributed by atoms with van der Waals surface area (Å²) in [5, 5.41) is 4.17. The largest absolute Gasteiger partial charge is 0.351 e. The zero-order valence-corrected chi connectivity index (χ0v) is 15.7. The number of nitrogens with zero attached hydrogens (tertiary/aromatic N) is 1. The second-order valence-electron chi connectivity index (χ2n) is 5.52. The second-order valence-corrected chi connectivity index (χ2v) is 7.50. The normalized spacial score (nSPS) is 15.9. The number of hydrogen-bond donors (Lipinski definition) is 1. The summed E-state index contributed by atoms with van der Waals surface area (Å²) in [5.41, 5.74) is 0.633. The van der Waals surface area contributed by atoms with Crippen molar-refractivity contribution in [3.05, 3.63) is 69.0 Å². The molecule has 3 rings (SSSR count). The third-order valence-corrected chi connectivity index (χ3v) is 5.36. The van der Waals surface area contributed by atoms with E-state index in [2.05, 4.69) is 5.32 Å². The summed E-state index contributed by atoms with van der Waals surface area (Å²) < 4.78 is 12.9. The maximum atomic E-state index is 12.9. The molecule has 1 aromatic heterocycles. The summed E-state index contributed by atoms with van der Waals surface area (Å²) in [6.45, 7) is 0.249. The average molecular weight is 402 g/mol. The van der Waals surface area contributed by atoms with Crippen molar-refractivity contribution >= 4 is 52.3 Å². The highest BCUT2D eigenvalue weighted by Gasteiger charge is 2.34. The number of nitrogens with one attached hydrogen (secondary N) is 1. The number of rotatable bonds is 6. The summed E-state index contributed by atoms with van der Waals surface area (Å²) in [7, 11) is 0. The van der Waals surface area contributed by atoms with Crippen LogP contribution in [0.2, 0.25) is 0 Å². The molecule has 2 heterocycles. The number of carbonyl (C=O) groups excluding carboxylic acids is 3. The third kappa shape index (κ3) is 5.15. The maximum absolute atomic E-state index is 12.9. The fourth-order valence-electron chi connectivity index (χ4n) is 2.30. The standard InChI is InChI=1S/C19H15FN2O3S2/c20-14-5-3-13(4-6-14)12-16-18(24)22(19(25)27-16)10-9-21-17(23)8-7-15-2-1-11-26-15/h1-8,11-12H,9-10H2,(H,21,23)/b8-7+,16-12-. The highest BCUT2D eigenvalue weighted by molar-refractivity contribution is 8.18. The van der Waals surface area contributed by atoms with Crippen LogP contribution in [-0.4, -0.2) is 35.0 Å². The van der Waals surface area contributed by atoms with Crippen molar-refractivity contribution in [2.45, 2.75) is 0 Å². The van der Waals surface area contributed by atoms with Crippen LogP contribution in [0.4, 0.5) is 9.18 Å². The molecular weight excluding hydrogens is 387 g/mol. The number of halogens is 1. The Kier molecular flexibility index (Phi) is 6.20. The molecule has 2 aromatic rings. The summed E-state index contributed by atoms with van der Waals surface area (Å²) >= 11 is 2.34. The van der Waals surface area contributed by atoms with Crippen molar-refractivity contribution in [1.29, 1.82) is 0 Å². The molecule has 1 aliphatic rings. The van der Waals surface area contributed by atoms with Gasteiger partial charge < -0.3 is 5.32 Å². The molecule has 3 amide bonds. The smallest absolute Gasteiger partial charge is 0.293 e. The molecular formula is C19H15FN2O3S2. The van der Waals surface area contributed by atoms with Crippen LogP contribution < -0.4 is 5.32 Å². The van der Waals surface area contributed by atoms with E-state index in [1.807, 2.05) is 17.5 Å². The van der Waals surface area contributed by atoms with Crippen LogP contribution >= 0.6 is 23.1 Å². The van der Waals surface area contributed by atoms with Gasteiger partial charge in [0.05, 0.1) is 4.91 Å². The predicted octanol–water partition coefficient (Wildman–Crippen LogP) is 3.75. The van der Waals surface area contributed by atoms with Gasteiger partial charge in [-0.25, -0.2) is 4.39 Å².